The van der Waals surface area contributed by atoms with Gasteiger partial charge in [-0.3, -0.25) is 0 Å². The van der Waals surface area contributed by atoms with Crippen molar-refractivity contribution in [2.24, 2.45) is 0 Å². The second-order valence-electron chi connectivity index (χ2n) is 1.58. The van der Waals surface area contributed by atoms with Crippen molar-refractivity contribution >= 4 is 0 Å². The molecule has 0 unspecified atom stereocenters. The SMILES string of the molecule is CCc1[c-]cccn1.[V+2]. The topological polar surface area (TPSA) is 12.9 Å². The number of rotatable bonds is 1. The van der Waals surface area contributed by atoms with E-state index in [2.05, 4.69) is 18.0 Å². The summed E-state index contributed by atoms with van der Waals surface area (Å²) < 4.78 is 0. The molecule has 0 amide bonds. The molecule has 1 rings (SSSR count). The normalized spacial score (nSPS) is 8.11. The van der Waals surface area contributed by atoms with Gasteiger partial charge >= 0.3 is 18.6 Å². The zero-order valence-electron chi connectivity index (χ0n) is 5.33. The molecule has 9 heavy (non-hydrogen) atoms. The Kier molecular flexibility index (Phi) is 4.46. The smallest absolute Gasteiger partial charge is 0.301 e. The standard InChI is InChI=1S/C7H8N.V/c1-2-7-5-3-4-6-8-7;/h3-4,6H,2H2,1H3;/q-1;+2. The molecular formula is C7H8NV+. The Hall–Kier alpha value is -0.266. The Morgan fingerprint density at radius 2 is 2.44 bits per heavy atom. The van der Waals surface area contributed by atoms with E-state index in [-0.39, 0.29) is 18.6 Å². The predicted octanol–water partition coefficient (Wildman–Crippen LogP) is 1.44. The molecule has 0 aliphatic heterocycles. The fourth-order valence-corrected chi connectivity index (χ4v) is 0.551. The van der Waals surface area contributed by atoms with Crippen molar-refractivity contribution in [2.45, 2.75) is 13.3 Å². The third-order valence-corrected chi connectivity index (χ3v) is 0.997. The van der Waals surface area contributed by atoms with Crippen LogP contribution in [0.5, 0.6) is 0 Å². The molecule has 1 aromatic rings. The first-order chi connectivity index (χ1) is 3.93. The van der Waals surface area contributed by atoms with Crippen molar-refractivity contribution in [3.63, 3.8) is 0 Å². The van der Waals surface area contributed by atoms with Crippen LogP contribution in [0.25, 0.3) is 0 Å². The second kappa shape index (κ2) is 4.60. The molecule has 0 spiro atoms. The van der Waals surface area contributed by atoms with E-state index in [0.717, 1.165) is 12.1 Å². The minimum atomic E-state index is 0. The van der Waals surface area contributed by atoms with Crippen LogP contribution in [-0.4, -0.2) is 4.98 Å². The van der Waals surface area contributed by atoms with Gasteiger partial charge in [-0.15, -0.1) is 0 Å². The van der Waals surface area contributed by atoms with Gasteiger partial charge in [0, 0.05) is 0 Å². The Morgan fingerprint density at radius 1 is 1.67 bits per heavy atom. The Labute approximate surface area is 67.4 Å². The van der Waals surface area contributed by atoms with Crippen LogP contribution in [-0.2, 0) is 25.0 Å². The molecule has 0 aromatic carbocycles. The number of pyridine rings is 1. The first-order valence-corrected chi connectivity index (χ1v) is 2.75. The molecule has 2 heteroatoms. The van der Waals surface area contributed by atoms with Crippen LogP contribution in [0.1, 0.15) is 12.6 Å². The number of aromatic nitrogens is 1. The first kappa shape index (κ1) is 8.73. The van der Waals surface area contributed by atoms with E-state index in [0.29, 0.717) is 0 Å². The summed E-state index contributed by atoms with van der Waals surface area (Å²) in [7, 11) is 0. The molecule has 0 aliphatic rings. The Bertz CT molecular complexity index is 150. The van der Waals surface area contributed by atoms with Gasteiger partial charge in [0.25, 0.3) is 0 Å². The Balaban J connectivity index is 0.000000640. The molecule has 1 heterocycles. The van der Waals surface area contributed by atoms with E-state index < -0.39 is 0 Å². The molecule has 0 N–H and O–H groups in total. The average molecular weight is 157 g/mol. The molecule has 45 valence electrons. The summed E-state index contributed by atoms with van der Waals surface area (Å²) in [6, 6.07) is 6.76. The zero-order chi connectivity index (χ0) is 5.82. The maximum atomic E-state index is 4.04. The van der Waals surface area contributed by atoms with E-state index in [1.807, 2.05) is 12.1 Å². The number of nitrogens with zero attached hydrogens (tertiary/aromatic N) is 1. The van der Waals surface area contributed by atoms with Crippen LogP contribution >= 0.6 is 0 Å². The summed E-state index contributed by atoms with van der Waals surface area (Å²) in [5.41, 5.74) is 1.03. The fraction of sp³-hybridized carbons (Fsp3) is 0.286. The molecule has 1 aromatic heterocycles. The first-order valence-electron chi connectivity index (χ1n) is 2.75. The fourth-order valence-electron chi connectivity index (χ4n) is 0.551. The second-order valence-corrected chi connectivity index (χ2v) is 1.58. The summed E-state index contributed by atoms with van der Waals surface area (Å²) in [6.45, 7) is 2.07. The summed E-state index contributed by atoms with van der Waals surface area (Å²) in [4.78, 5) is 4.04. The van der Waals surface area contributed by atoms with Crippen molar-refractivity contribution in [1.29, 1.82) is 0 Å². The molecule has 0 aliphatic carbocycles. The third kappa shape index (κ3) is 2.68. The van der Waals surface area contributed by atoms with Gasteiger partial charge in [-0.05, 0) is 6.42 Å². The molecule has 1 radical (unpaired) electrons. The molecule has 0 fully saturated rings. The zero-order valence-corrected chi connectivity index (χ0v) is 6.73. The predicted molar refractivity (Wildman–Crippen MR) is 32.5 cm³/mol. The van der Waals surface area contributed by atoms with E-state index >= 15 is 0 Å². The van der Waals surface area contributed by atoms with Crippen molar-refractivity contribution in [3.8, 4) is 0 Å². The van der Waals surface area contributed by atoms with Gasteiger partial charge in [-0.25, -0.2) is 12.1 Å². The van der Waals surface area contributed by atoms with Crippen molar-refractivity contribution < 1.29 is 18.6 Å². The summed E-state index contributed by atoms with van der Waals surface area (Å²) in [5.74, 6) is 0. The minimum absolute atomic E-state index is 0. The van der Waals surface area contributed by atoms with E-state index in [9.17, 15) is 0 Å². The van der Waals surface area contributed by atoms with Crippen LogP contribution < -0.4 is 0 Å². The molecule has 0 atom stereocenters. The summed E-state index contributed by atoms with van der Waals surface area (Å²) in [6.07, 6.45) is 2.76. The minimum Gasteiger partial charge on any atom is -0.301 e. The van der Waals surface area contributed by atoms with Gasteiger partial charge < -0.3 is 4.98 Å². The van der Waals surface area contributed by atoms with Crippen molar-refractivity contribution in [2.75, 3.05) is 0 Å². The monoisotopic (exact) mass is 157 g/mol. The maximum Gasteiger partial charge on any atom is 2.00 e. The Morgan fingerprint density at radius 3 is 2.78 bits per heavy atom. The molecule has 1 nitrogen and oxygen atoms in total. The van der Waals surface area contributed by atoms with Crippen molar-refractivity contribution in [1.82, 2.24) is 4.98 Å². The van der Waals surface area contributed by atoms with Crippen LogP contribution in [0, 0.1) is 6.07 Å². The van der Waals surface area contributed by atoms with Crippen LogP contribution in [0.15, 0.2) is 18.3 Å². The molecular weight excluding hydrogens is 149 g/mol. The van der Waals surface area contributed by atoms with Gasteiger partial charge in [0.05, 0.1) is 0 Å². The van der Waals surface area contributed by atoms with Crippen LogP contribution in [0.4, 0.5) is 0 Å². The average Bonchev–Trinajstić information content (AvgIpc) is 1.90. The quantitative estimate of drug-likeness (QED) is 0.562. The van der Waals surface area contributed by atoms with Gasteiger partial charge in [0.1, 0.15) is 0 Å². The van der Waals surface area contributed by atoms with Gasteiger partial charge in [-0.1, -0.05) is 18.8 Å². The number of hydrogen-bond donors (Lipinski definition) is 0. The number of aryl methyl sites for hydroxylation is 1. The van der Waals surface area contributed by atoms with E-state index in [4.69, 9.17) is 0 Å². The third-order valence-electron chi connectivity index (χ3n) is 0.997. The number of hydrogen-bond acceptors (Lipinski definition) is 1. The van der Waals surface area contributed by atoms with Crippen molar-refractivity contribution in [3.05, 3.63) is 30.1 Å². The molecule has 0 bridgehead atoms. The maximum absolute atomic E-state index is 4.04. The van der Waals surface area contributed by atoms with Gasteiger partial charge in [0.2, 0.25) is 0 Å². The summed E-state index contributed by atoms with van der Waals surface area (Å²) >= 11 is 0. The van der Waals surface area contributed by atoms with Crippen LogP contribution in [0.3, 0.4) is 0 Å². The van der Waals surface area contributed by atoms with Gasteiger partial charge in [-0.2, -0.15) is 6.07 Å². The van der Waals surface area contributed by atoms with Gasteiger partial charge in [0.15, 0.2) is 0 Å². The summed E-state index contributed by atoms with van der Waals surface area (Å²) in [5, 5.41) is 0. The molecule has 0 saturated heterocycles. The largest absolute Gasteiger partial charge is 2.00 e. The molecule has 0 saturated carbocycles. The van der Waals surface area contributed by atoms with E-state index in [1.54, 1.807) is 6.20 Å². The van der Waals surface area contributed by atoms with Crippen LogP contribution in [0.2, 0.25) is 0 Å². The van der Waals surface area contributed by atoms with E-state index in [1.165, 1.54) is 0 Å².